The van der Waals surface area contributed by atoms with E-state index in [1.54, 1.807) is 38.4 Å². The lowest BCUT2D eigenvalue weighted by Crippen LogP contribution is -2.27. The topological polar surface area (TPSA) is 46.3 Å². The van der Waals surface area contributed by atoms with Gasteiger partial charge in [-0.1, -0.05) is 12.1 Å². The third kappa shape index (κ3) is 1.79. The quantitative estimate of drug-likeness (QED) is 0.891. The van der Waals surface area contributed by atoms with Crippen LogP contribution in [0.4, 0.5) is 8.78 Å². The average Bonchev–Trinajstić information content (AvgIpc) is 2.92. The van der Waals surface area contributed by atoms with Gasteiger partial charge in [0.2, 0.25) is 0 Å². The molecule has 0 aliphatic heterocycles. The van der Waals surface area contributed by atoms with Gasteiger partial charge >= 0.3 is 0 Å². The van der Waals surface area contributed by atoms with Crippen LogP contribution in [0.1, 0.15) is 22.3 Å². The number of rotatable bonds is 3. The molecule has 1 aliphatic carbocycles. The number of alkyl halides is 2. The van der Waals surface area contributed by atoms with Gasteiger partial charge in [0.25, 0.3) is 11.8 Å². The lowest BCUT2D eigenvalue weighted by atomic mass is 9.94. The summed E-state index contributed by atoms with van der Waals surface area (Å²) in [6.45, 7) is -0.0824. The zero-order valence-corrected chi connectivity index (χ0v) is 10.4. The van der Waals surface area contributed by atoms with Gasteiger partial charge in [0, 0.05) is 32.6 Å². The first-order chi connectivity index (χ1) is 8.34. The number of nitrogens with two attached hydrogens (primary N) is 1. The maximum atomic E-state index is 13.4. The molecule has 98 valence electrons. The Morgan fingerprint density at radius 3 is 2.17 bits per heavy atom. The standard InChI is InChI=1S/C13H16F2N2O/c1-17(2)11(18)9-3-5-10(6-4-9)12(8-16)7-13(12,14)15/h3-6H,7-8,16H2,1-2H3. The minimum atomic E-state index is -2.73. The largest absolute Gasteiger partial charge is 0.345 e. The van der Waals surface area contributed by atoms with Crippen molar-refractivity contribution in [2.24, 2.45) is 5.73 Å². The van der Waals surface area contributed by atoms with Crippen LogP contribution in [-0.2, 0) is 5.41 Å². The van der Waals surface area contributed by atoms with E-state index in [0.29, 0.717) is 11.1 Å². The second-order valence-electron chi connectivity index (χ2n) is 4.94. The van der Waals surface area contributed by atoms with Crippen molar-refractivity contribution in [2.45, 2.75) is 17.8 Å². The Labute approximate surface area is 105 Å². The first-order valence-corrected chi connectivity index (χ1v) is 5.74. The van der Waals surface area contributed by atoms with Crippen LogP contribution < -0.4 is 5.73 Å². The van der Waals surface area contributed by atoms with Crippen molar-refractivity contribution in [1.29, 1.82) is 0 Å². The Kier molecular flexibility index (Phi) is 2.89. The van der Waals surface area contributed by atoms with E-state index in [9.17, 15) is 13.6 Å². The molecule has 1 fully saturated rings. The maximum Gasteiger partial charge on any atom is 0.260 e. The van der Waals surface area contributed by atoms with Crippen LogP contribution >= 0.6 is 0 Å². The summed E-state index contributed by atoms with van der Waals surface area (Å²) in [5.41, 5.74) is 5.23. The van der Waals surface area contributed by atoms with Gasteiger partial charge < -0.3 is 10.6 Å². The summed E-state index contributed by atoms with van der Waals surface area (Å²) in [5.74, 6) is -2.87. The summed E-state index contributed by atoms with van der Waals surface area (Å²) in [6.07, 6.45) is -0.211. The predicted molar refractivity (Wildman–Crippen MR) is 64.8 cm³/mol. The molecule has 1 saturated carbocycles. The number of halogens is 2. The molecule has 3 nitrogen and oxygen atoms in total. The highest BCUT2D eigenvalue weighted by molar-refractivity contribution is 5.93. The number of carbonyl (C=O) groups is 1. The van der Waals surface area contributed by atoms with E-state index in [0.717, 1.165) is 0 Å². The fourth-order valence-electron chi connectivity index (χ4n) is 2.18. The normalized spacial score (nSPS) is 24.7. The lowest BCUT2D eigenvalue weighted by molar-refractivity contribution is 0.0827. The summed E-state index contributed by atoms with van der Waals surface area (Å²) >= 11 is 0. The van der Waals surface area contributed by atoms with Crippen LogP contribution in [0.25, 0.3) is 0 Å². The fourth-order valence-corrected chi connectivity index (χ4v) is 2.18. The molecule has 1 atom stereocenters. The van der Waals surface area contributed by atoms with Crippen molar-refractivity contribution in [2.75, 3.05) is 20.6 Å². The first-order valence-electron chi connectivity index (χ1n) is 5.74. The minimum absolute atomic E-state index is 0.0824. The molecule has 1 aromatic rings. The third-order valence-corrected chi connectivity index (χ3v) is 3.54. The molecule has 0 aromatic heterocycles. The third-order valence-electron chi connectivity index (χ3n) is 3.54. The van der Waals surface area contributed by atoms with E-state index in [-0.39, 0.29) is 18.9 Å². The Morgan fingerprint density at radius 2 is 1.83 bits per heavy atom. The number of amides is 1. The summed E-state index contributed by atoms with van der Waals surface area (Å²) in [5, 5.41) is 0. The van der Waals surface area contributed by atoms with Crippen LogP contribution in [0.5, 0.6) is 0 Å². The Balaban J connectivity index is 2.27. The zero-order valence-electron chi connectivity index (χ0n) is 10.4. The van der Waals surface area contributed by atoms with Crippen molar-refractivity contribution in [1.82, 2.24) is 4.90 Å². The number of hydrogen-bond acceptors (Lipinski definition) is 2. The smallest absolute Gasteiger partial charge is 0.260 e. The first kappa shape index (κ1) is 13.0. The van der Waals surface area contributed by atoms with Gasteiger partial charge in [-0.15, -0.1) is 0 Å². The Bertz CT molecular complexity index is 470. The molecule has 0 heterocycles. The molecule has 1 aliphatic rings. The summed E-state index contributed by atoms with van der Waals surface area (Å²) in [7, 11) is 3.29. The van der Waals surface area contributed by atoms with Crippen molar-refractivity contribution < 1.29 is 13.6 Å². The summed E-state index contributed by atoms with van der Waals surface area (Å²) < 4.78 is 26.7. The highest BCUT2D eigenvalue weighted by atomic mass is 19.3. The zero-order chi connectivity index (χ0) is 13.6. The predicted octanol–water partition coefficient (Wildman–Crippen LogP) is 1.62. The summed E-state index contributed by atoms with van der Waals surface area (Å²) in [4.78, 5) is 13.1. The van der Waals surface area contributed by atoms with Crippen LogP contribution in [0.15, 0.2) is 24.3 Å². The monoisotopic (exact) mass is 254 g/mol. The Hall–Kier alpha value is -1.49. The molecular weight excluding hydrogens is 238 g/mol. The van der Waals surface area contributed by atoms with Crippen molar-refractivity contribution in [3.05, 3.63) is 35.4 Å². The molecule has 1 unspecified atom stereocenters. The average molecular weight is 254 g/mol. The van der Waals surface area contributed by atoms with E-state index < -0.39 is 11.3 Å². The summed E-state index contributed by atoms with van der Waals surface area (Å²) in [6, 6.07) is 6.29. The molecule has 0 saturated heterocycles. The van der Waals surface area contributed by atoms with Crippen molar-refractivity contribution >= 4 is 5.91 Å². The van der Waals surface area contributed by atoms with Crippen molar-refractivity contribution in [3.8, 4) is 0 Å². The van der Waals surface area contributed by atoms with E-state index in [2.05, 4.69) is 0 Å². The molecule has 5 heteroatoms. The van der Waals surface area contributed by atoms with Crippen LogP contribution in [0, 0.1) is 0 Å². The van der Waals surface area contributed by atoms with Gasteiger partial charge in [-0.05, 0) is 17.7 Å². The van der Waals surface area contributed by atoms with Gasteiger partial charge in [-0.2, -0.15) is 0 Å². The molecule has 0 radical (unpaired) electrons. The molecule has 1 aromatic carbocycles. The van der Waals surface area contributed by atoms with E-state index in [4.69, 9.17) is 5.73 Å². The van der Waals surface area contributed by atoms with Gasteiger partial charge in [0.05, 0.1) is 5.41 Å². The second-order valence-corrected chi connectivity index (χ2v) is 4.94. The van der Waals surface area contributed by atoms with Gasteiger partial charge in [0.1, 0.15) is 0 Å². The molecule has 2 N–H and O–H groups in total. The lowest BCUT2D eigenvalue weighted by Gasteiger charge is -2.15. The highest BCUT2D eigenvalue weighted by Crippen LogP contribution is 2.60. The van der Waals surface area contributed by atoms with Gasteiger partial charge in [-0.25, -0.2) is 8.78 Å². The number of hydrogen-bond donors (Lipinski definition) is 1. The van der Waals surface area contributed by atoms with Crippen LogP contribution in [0.3, 0.4) is 0 Å². The molecule has 18 heavy (non-hydrogen) atoms. The van der Waals surface area contributed by atoms with E-state index in [1.807, 2.05) is 0 Å². The van der Waals surface area contributed by atoms with Crippen LogP contribution in [-0.4, -0.2) is 37.4 Å². The minimum Gasteiger partial charge on any atom is -0.345 e. The van der Waals surface area contributed by atoms with Gasteiger partial charge in [0.15, 0.2) is 0 Å². The number of nitrogens with zero attached hydrogens (tertiary/aromatic N) is 1. The number of benzene rings is 1. The SMILES string of the molecule is CN(C)C(=O)c1ccc(C2(CN)CC2(F)F)cc1. The van der Waals surface area contributed by atoms with E-state index in [1.165, 1.54) is 4.90 Å². The molecule has 0 spiro atoms. The number of carbonyl (C=O) groups excluding carboxylic acids is 1. The molecule has 0 bridgehead atoms. The molecule has 1 amide bonds. The Morgan fingerprint density at radius 1 is 1.33 bits per heavy atom. The van der Waals surface area contributed by atoms with Crippen molar-refractivity contribution in [3.63, 3.8) is 0 Å². The van der Waals surface area contributed by atoms with E-state index >= 15 is 0 Å². The second kappa shape index (κ2) is 4.02. The van der Waals surface area contributed by atoms with Crippen LogP contribution in [0.2, 0.25) is 0 Å². The highest BCUT2D eigenvalue weighted by Gasteiger charge is 2.70. The molecular formula is C13H16F2N2O. The fraction of sp³-hybridized carbons (Fsp3) is 0.462. The maximum absolute atomic E-state index is 13.4. The van der Waals surface area contributed by atoms with Gasteiger partial charge in [-0.3, -0.25) is 4.79 Å². The molecule has 2 rings (SSSR count).